The van der Waals surface area contributed by atoms with E-state index in [1.807, 2.05) is 43.3 Å². The third-order valence-electron chi connectivity index (χ3n) is 3.41. The number of carbonyl (C=O) groups excluding carboxylic acids is 3. The van der Waals surface area contributed by atoms with Crippen molar-refractivity contribution in [2.45, 2.75) is 19.8 Å². The minimum absolute atomic E-state index is 0.190. The van der Waals surface area contributed by atoms with Gasteiger partial charge < -0.3 is 4.98 Å². The molecule has 0 atom stereocenters. The highest BCUT2D eigenvalue weighted by molar-refractivity contribution is 9.10. The number of rotatable bonds is 4. The molecule has 2 heterocycles. The number of carbonyl (C=O) groups is 1. The van der Waals surface area contributed by atoms with E-state index >= 15 is 0 Å². The number of H-pyrrole nitrogens is 1. The van der Waals surface area contributed by atoms with Crippen LogP contribution in [0.3, 0.4) is 0 Å². The van der Waals surface area contributed by atoms with Crippen LogP contribution < -0.4 is 0 Å². The molecule has 3 rings (SSSR count). The molecule has 122 valence electrons. The summed E-state index contributed by atoms with van der Waals surface area (Å²) in [5.74, 6) is 0.190. The van der Waals surface area contributed by atoms with Gasteiger partial charge in [-0.3, -0.25) is 4.79 Å². The first kappa shape index (κ1) is 17.8. The van der Waals surface area contributed by atoms with Crippen molar-refractivity contribution in [2.24, 2.45) is 0 Å². The maximum atomic E-state index is 12.2. The van der Waals surface area contributed by atoms with E-state index in [1.54, 1.807) is 6.20 Å². The van der Waals surface area contributed by atoms with Crippen LogP contribution in [-0.2, 0) is 27.2 Å². The molecule has 0 aliphatic carbocycles. The van der Waals surface area contributed by atoms with Crippen molar-refractivity contribution in [2.75, 3.05) is 0 Å². The predicted molar refractivity (Wildman–Crippen MR) is 92.4 cm³/mol. The zero-order valence-electron chi connectivity index (χ0n) is 13.0. The molecule has 1 N–H and O–H groups in total. The van der Waals surface area contributed by atoms with Crippen LogP contribution in [0.2, 0.25) is 0 Å². The SMILES string of the molecule is Cc1cc2cc(CC(=O)Cc3ccccc3Br)cnc2[nH]1.O=C=O. The third-order valence-corrected chi connectivity index (χ3v) is 4.18. The number of halogens is 1. The van der Waals surface area contributed by atoms with Gasteiger partial charge in [0, 0.05) is 34.6 Å². The van der Waals surface area contributed by atoms with Crippen molar-refractivity contribution >= 4 is 38.9 Å². The highest BCUT2D eigenvalue weighted by Crippen LogP contribution is 2.18. The van der Waals surface area contributed by atoms with Crippen molar-refractivity contribution in [3.05, 3.63) is 63.9 Å². The van der Waals surface area contributed by atoms with E-state index < -0.39 is 0 Å². The molecule has 0 saturated heterocycles. The Kier molecular flexibility index (Phi) is 6.18. The van der Waals surface area contributed by atoms with Crippen LogP contribution in [0.4, 0.5) is 0 Å². The number of hydrogen-bond acceptors (Lipinski definition) is 4. The van der Waals surface area contributed by atoms with Crippen LogP contribution in [0, 0.1) is 6.92 Å². The zero-order chi connectivity index (χ0) is 17.5. The molecule has 1 aromatic carbocycles. The Balaban J connectivity index is 0.000000647. The molecule has 0 amide bonds. The zero-order valence-corrected chi connectivity index (χ0v) is 14.6. The molecule has 0 saturated carbocycles. The van der Waals surface area contributed by atoms with E-state index in [9.17, 15) is 4.79 Å². The number of Topliss-reactive ketones (excluding diaryl/α,β-unsaturated/α-hetero) is 1. The van der Waals surface area contributed by atoms with Gasteiger partial charge in [-0.05, 0) is 36.2 Å². The Hall–Kier alpha value is -2.56. The van der Waals surface area contributed by atoms with E-state index in [4.69, 9.17) is 9.59 Å². The lowest BCUT2D eigenvalue weighted by Crippen LogP contribution is -2.07. The number of nitrogens with one attached hydrogen (secondary N) is 1. The molecule has 0 unspecified atom stereocenters. The van der Waals surface area contributed by atoms with E-state index in [1.165, 1.54) is 0 Å². The fraction of sp³-hybridized carbons (Fsp3) is 0.167. The maximum absolute atomic E-state index is 12.2. The second-order valence-corrected chi connectivity index (χ2v) is 6.16. The standard InChI is InChI=1S/C17H15BrN2O.CO2/c1-11-6-14-7-12(10-19-17(14)20-11)8-15(21)9-13-4-2-3-5-16(13)18;2-1-3/h2-7,10H,8-9H2,1H3,(H,19,20);. The quantitative estimate of drug-likeness (QED) is 0.744. The number of aromatic amines is 1. The normalized spacial score (nSPS) is 9.92. The van der Waals surface area contributed by atoms with Crippen molar-refractivity contribution < 1.29 is 14.4 Å². The van der Waals surface area contributed by atoms with Crippen molar-refractivity contribution in [1.82, 2.24) is 9.97 Å². The second-order valence-electron chi connectivity index (χ2n) is 5.30. The first-order chi connectivity index (χ1) is 11.5. The molecule has 0 radical (unpaired) electrons. The first-order valence-electron chi connectivity index (χ1n) is 7.22. The fourth-order valence-electron chi connectivity index (χ4n) is 2.44. The topological polar surface area (TPSA) is 79.9 Å². The molecule has 3 aromatic rings. The summed E-state index contributed by atoms with van der Waals surface area (Å²) in [5.41, 5.74) is 3.93. The van der Waals surface area contributed by atoms with Crippen molar-refractivity contribution in [3.63, 3.8) is 0 Å². The number of aryl methyl sites for hydroxylation is 1. The molecule has 6 heteroatoms. The van der Waals surface area contributed by atoms with Gasteiger partial charge in [-0.25, -0.2) is 4.98 Å². The van der Waals surface area contributed by atoms with Crippen LogP contribution >= 0.6 is 15.9 Å². The van der Waals surface area contributed by atoms with Gasteiger partial charge in [-0.1, -0.05) is 34.1 Å². The summed E-state index contributed by atoms with van der Waals surface area (Å²) in [5, 5.41) is 1.05. The highest BCUT2D eigenvalue weighted by Gasteiger charge is 2.09. The summed E-state index contributed by atoms with van der Waals surface area (Å²) >= 11 is 3.48. The minimum atomic E-state index is 0.190. The van der Waals surface area contributed by atoms with E-state index in [-0.39, 0.29) is 11.9 Å². The molecule has 0 aliphatic heterocycles. The number of ketones is 1. The smallest absolute Gasteiger partial charge is 0.344 e. The average molecular weight is 387 g/mol. The van der Waals surface area contributed by atoms with Crippen LogP contribution in [0.15, 0.2) is 47.1 Å². The Labute approximate surface area is 147 Å². The number of hydrogen-bond donors (Lipinski definition) is 1. The molecular weight excluding hydrogens is 372 g/mol. The molecule has 2 aromatic heterocycles. The van der Waals surface area contributed by atoms with Gasteiger partial charge in [0.1, 0.15) is 11.4 Å². The average Bonchev–Trinajstić information content (AvgIpc) is 2.90. The summed E-state index contributed by atoms with van der Waals surface area (Å²) in [6.45, 7) is 2.00. The highest BCUT2D eigenvalue weighted by atomic mass is 79.9. The Morgan fingerprint density at radius 1 is 1.21 bits per heavy atom. The number of nitrogens with zero attached hydrogens (tertiary/aromatic N) is 1. The van der Waals surface area contributed by atoms with Crippen molar-refractivity contribution in [1.29, 1.82) is 0 Å². The van der Waals surface area contributed by atoms with E-state index in [0.29, 0.717) is 12.8 Å². The lowest BCUT2D eigenvalue weighted by molar-refractivity contribution is -0.191. The summed E-state index contributed by atoms with van der Waals surface area (Å²) in [6, 6.07) is 11.9. The van der Waals surface area contributed by atoms with Gasteiger partial charge in [-0.2, -0.15) is 9.59 Å². The van der Waals surface area contributed by atoms with Gasteiger partial charge in [0.2, 0.25) is 0 Å². The van der Waals surface area contributed by atoms with Gasteiger partial charge in [-0.15, -0.1) is 0 Å². The molecule has 24 heavy (non-hydrogen) atoms. The number of benzene rings is 1. The Morgan fingerprint density at radius 2 is 1.92 bits per heavy atom. The van der Waals surface area contributed by atoms with Crippen LogP contribution in [0.1, 0.15) is 16.8 Å². The predicted octanol–water partition coefficient (Wildman–Crippen LogP) is 3.40. The van der Waals surface area contributed by atoms with Gasteiger partial charge >= 0.3 is 6.15 Å². The third kappa shape index (κ3) is 4.72. The fourth-order valence-corrected chi connectivity index (χ4v) is 2.86. The van der Waals surface area contributed by atoms with Crippen molar-refractivity contribution in [3.8, 4) is 0 Å². The minimum Gasteiger partial charge on any atom is -0.344 e. The molecule has 0 spiro atoms. The van der Waals surface area contributed by atoms with Crippen LogP contribution in [-0.4, -0.2) is 21.9 Å². The summed E-state index contributed by atoms with van der Waals surface area (Å²) in [4.78, 5) is 36.0. The number of fused-ring (bicyclic) bond motifs is 1. The van der Waals surface area contributed by atoms with Crippen LogP contribution in [0.5, 0.6) is 0 Å². The molecular formula is C18H15BrN2O3. The molecule has 0 aliphatic rings. The lowest BCUT2D eigenvalue weighted by Gasteiger charge is -2.04. The summed E-state index contributed by atoms with van der Waals surface area (Å²) < 4.78 is 0.980. The molecule has 0 bridgehead atoms. The van der Waals surface area contributed by atoms with Gasteiger partial charge in [0.25, 0.3) is 0 Å². The van der Waals surface area contributed by atoms with Gasteiger partial charge in [0.05, 0.1) is 0 Å². The van der Waals surface area contributed by atoms with E-state index in [0.717, 1.165) is 32.3 Å². The maximum Gasteiger partial charge on any atom is 0.373 e. The van der Waals surface area contributed by atoms with Crippen LogP contribution in [0.25, 0.3) is 11.0 Å². The number of pyridine rings is 1. The first-order valence-corrected chi connectivity index (χ1v) is 8.01. The molecule has 0 fully saturated rings. The summed E-state index contributed by atoms with van der Waals surface area (Å²) in [6.07, 6.45) is 2.87. The molecule has 5 nitrogen and oxygen atoms in total. The number of aromatic nitrogens is 2. The van der Waals surface area contributed by atoms with E-state index in [2.05, 4.69) is 25.9 Å². The second kappa shape index (κ2) is 8.34. The van der Waals surface area contributed by atoms with Gasteiger partial charge in [0.15, 0.2) is 0 Å². The Morgan fingerprint density at radius 3 is 2.62 bits per heavy atom. The monoisotopic (exact) mass is 386 g/mol. The largest absolute Gasteiger partial charge is 0.373 e. The lowest BCUT2D eigenvalue weighted by atomic mass is 10.0. The summed E-state index contributed by atoms with van der Waals surface area (Å²) in [7, 11) is 0. The Bertz CT molecular complexity index is 896.